The highest BCUT2D eigenvalue weighted by molar-refractivity contribution is 5.30. The third-order valence-corrected chi connectivity index (χ3v) is 3.20. The Balaban J connectivity index is 2.58. The molecular formula is C16H27NO2. The lowest BCUT2D eigenvalue weighted by Gasteiger charge is -2.19. The second-order valence-corrected chi connectivity index (χ2v) is 5.18. The summed E-state index contributed by atoms with van der Waals surface area (Å²) in [5.74, 6) is 0.814. The van der Waals surface area contributed by atoms with Crippen molar-refractivity contribution in [2.75, 3.05) is 6.54 Å². The monoisotopic (exact) mass is 265 g/mol. The van der Waals surface area contributed by atoms with E-state index in [1.54, 1.807) is 0 Å². The summed E-state index contributed by atoms with van der Waals surface area (Å²) in [4.78, 5) is 0. The van der Waals surface area contributed by atoms with Crippen LogP contribution in [0.2, 0.25) is 0 Å². The molecule has 3 heteroatoms. The van der Waals surface area contributed by atoms with Crippen LogP contribution in [0, 0.1) is 0 Å². The quantitative estimate of drug-likeness (QED) is 0.758. The number of nitrogens with one attached hydrogen (secondary N) is 1. The molecule has 1 atom stereocenters. The highest BCUT2D eigenvalue weighted by Crippen LogP contribution is 2.20. The molecular weight excluding hydrogens is 238 g/mol. The molecule has 0 aliphatic rings. The Kier molecular flexibility index (Phi) is 6.89. The van der Waals surface area contributed by atoms with E-state index in [9.17, 15) is 5.11 Å². The molecule has 0 aliphatic carbocycles. The third-order valence-electron chi connectivity index (χ3n) is 3.20. The van der Waals surface area contributed by atoms with Crippen LogP contribution < -0.4 is 10.1 Å². The van der Waals surface area contributed by atoms with E-state index in [1.165, 1.54) is 0 Å². The van der Waals surface area contributed by atoms with Crippen molar-refractivity contribution >= 4 is 0 Å². The van der Waals surface area contributed by atoms with Crippen LogP contribution in [-0.4, -0.2) is 23.8 Å². The van der Waals surface area contributed by atoms with Gasteiger partial charge in [0.1, 0.15) is 5.75 Å². The van der Waals surface area contributed by atoms with Crippen molar-refractivity contribution in [3.05, 3.63) is 29.8 Å². The van der Waals surface area contributed by atoms with E-state index >= 15 is 0 Å². The first kappa shape index (κ1) is 16.0. The number of hydrogen-bond donors (Lipinski definition) is 2. The second-order valence-electron chi connectivity index (χ2n) is 5.18. The van der Waals surface area contributed by atoms with E-state index in [0.717, 1.165) is 24.2 Å². The first-order chi connectivity index (χ1) is 9.06. The molecule has 3 nitrogen and oxygen atoms in total. The first-order valence-corrected chi connectivity index (χ1v) is 7.24. The topological polar surface area (TPSA) is 41.5 Å². The van der Waals surface area contributed by atoms with Crippen LogP contribution in [0.1, 0.15) is 52.2 Å². The molecule has 0 aromatic heterocycles. The zero-order valence-corrected chi connectivity index (χ0v) is 12.5. The largest absolute Gasteiger partial charge is 0.491 e. The molecule has 1 aromatic rings. The van der Waals surface area contributed by atoms with Crippen LogP contribution in [0.25, 0.3) is 0 Å². The van der Waals surface area contributed by atoms with Gasteiger partial charge < -0.3 is 15.2 Å². The highest BCUT2D eigenvalue weighted by Gasteiger charge is 2.11. The Hall–Kier alpha value is -1.06. The van der Waals surface area contributed by atoms with Gasteiger partial charge >= 0.3 is 0 Å². The molecule has 0 aliphatic heterocycles. The fourth-order valence-corrected chi connectivity index (χ4v) is 2.04. The second kappa shape index (κ2) is 8.18. The summed E-state index contributed by atoms with van der Waals surface area (Å²) in [6.07, 6.45) is 1.82. The Morgan fingerprint density at radius 2 is 1.89 bits per heavy atom. The molecule has 0 saturated heterocycles. The van der Waals surface area contributed by atoms with Gasteiger partial charge in [0.2, 0.25) is 0 Å². The van der Waals surface area contributed by atoms with E-state index in [-0.39, 0.29) is 6.10 Å². The molecule has 1 rings (SSSR count). The van der Waals surface area contributed by atoms with Crippen LogP contribution in [0.3, 0.4) is 0 Å². The van der Waals surface area contributed by atoms with E-state index in [4.69, 9.17) is 4.74 Å². The molecule has 19 heavy (non-hydrogen) atoms. The van der Waals surface area contributed by atoms with E-state index < -0.39 is 6.10 Å². The van der Waals surface area contributed by atoms with E-state index in [0.29, 0.717) is 12.6 Å². The van der Waals surface area contributed by atoms with Crippen molar-refractivity contribution < 1.29 is 9.84 Å². The number of benzene rings is 1. The van der Waals surface area contributed by atoms with Crippen molar-refractivity contribution in [2.45, 2.75) is 58.8 Å². The SMILES string of the molecule is CCC(CC)NCC(O)c1cccc(OC(C)C)c1. The lowest BCUT2D eigenvalue weighted by Crippen LogP contribution is -2.31. The van der Waals surface area contributed by atoms with Crippen LogP contribution >= 0.6 is 0 Å². The molecule has 2 N–H and O–H groups in total. The maximum atomic E-state index is 10.2. The van der Waals surface area contributed by atoms with Gasteiger partial charge in [0.05, 0.1) is 12.2 Å². The molecule has 0 spiro atoms. The standard InChI is InChI=1S/C16H27NO2/c1-5-14(6-2)17-11-16(18)13-8-7-9-15(10-13)19-12(3)4/h7-10,12,14,16-18H,5-6,11H2,1-4H3. The Bertz CT molecular complexity index is 362. The summed E-state index contributed by atoms with van der Waals surface area (Å²) in [5, 5.41) is 13.6. The summed E-state index contributed by atoms with van der Waals surface area (Å²) < 4.78 is 5.64. The molecule has 0 fully saturated rings. The van der Waals surface area contributed by atoms with Crippen molar-refractivity contribution in [2.24, 2.45) is 0 Å². The van der Waals surface area contributed by atoms with E-state index in [2.05, 4.69) is 19.2 Å². The summed E-state index contributed by atoms with van der Waals surface area (Å²) in [6, 6.07) is 8.17. The van der Waals surface area contributed by atoms with Crippen molar-refractivity contribution in [3.63, 3.8) is 0 Å². The molecule has 0 bridgehead atoms. The number of rotatable bonds is 8. The first-order valence-electron chi connectivity index (χ1n) is 7.24. The molecule has 1 unspecified atom stereocenters. The van der Waals surface area contributed by atoms with Crippen LogP contribution in [0.4, 0.5) is 0 Å². The van der Waals surface area contributed by atoms with Gasteiger partial charge in [-0.05, 0) is 44.4 Å². The molecule has 0 amide bonds. The number of aliphatic hydroxyl groups is 1. The van der Waals surface area contributed by atoms with Gasteiger partial charge in [-0.25, -0.2) is 0 Å². The maximum Gasteiger partial charge on any atom is 0.120 e. The number of aliphatic hydroxyl groups excluding tert-OH is 1. The van der Waals surface area contributed by atoms with Gasteiger partial charge in [-0.3, -0.25) is 0 Å². The number of ether oxygens (including phenoxy) is 1. The minimum absolute atomic E-state index is 0.148. The Morgan fingerprint density at radius 1 is 1.21 bits per heavy atom. The summed E-state index contributed by atoms with van der Waals surface area (Å²) in [5.41, 5.74) is 0.900. The van der Waals surface area contributed by atoms with Crippen molar-refractivity contribution in [1.29, 1.82) is 0 Å². The zero-order chi connectivity index (χ0) is 14.3. The van der Waals surface area contributed by atoms with Gasteiger partial charge in [-0.2, -0.15) is 0 Å². The predicted molar refractivity (Wildman–Crippen MR) is 79.5 cm³/mol. The van der Waals surface area contributed by atoms with Crippen LogP contribution in [0.15, 0.2) is 24.3 Å². The highest BCUT2D eigenvalue weighted by atomic mass is 16.5. The molecule has 0 heterocycles. The van der Waals surface area contributed by atoms with Crippen LogP contribution in [-0.2, 0) is 0 Å². The number of hydrogen-bond acceptors (Lipinski definition) is 3. The maximum absolute atomic E-state index is 10.2. The average Bonchev–Trinajstić information content (AvgIpc) is 2.39. The minimum atomic E-state index is -0.490. The fourth-order valence-electron chi connectivity index (χ4n) is 2.04. The average molecular weight is 265 g/mol. The summed E-state index contributed by atoms with van der Waals surface area (Å²) in [7, 11) is 0. The fraction of sp³-hybridized carbons (Fsp3) is 0.625. The van der Waals surface area contributed by atoms with Crippen LogP contribution in [0.5, 0.6) is 5.75 Å². The lowest BCUT2D eigenvalue weighted by molar-refractivity contribution is 0.167. The van der Waals surface area contributed by atoms with Gasteiger partial charge in [0.25, 0.3) is 0 Å². The third kappa shape index (κ3) is 5.62. The smallest absolute Gasteiger partial charge is 0.120 e. The Morgan fingerprint density at radius 3 is 2.47 bits per heavy atom. The van der Waals surface area contributed by atoms with Gasteiger partial charge in [0, 0.05) is 12.6 Å². The summed E-state index contributed by atoms with van der Waals surface area (Å²) in [6.45, 7) is 8.89. The molecule has 108 valence electrons. The van der Waals surface area contributed by atoms with Crippen molar-refractivity contribution in [3.8, 4) is 5.75 Å². The minimum Gasteiger partial charge on any atom is -0.491 e. The van der Waals surface area contributed by atoms with Gasteiger partial charge in [-0.1, -0.05) is 26.0 Å². The van der Waals surface area contributed by atoms with Gasteiger partial charge in [0.15, 0.2) is 0 Å². The normalized spacial score (nSPS) is 13.0. The lowest BCUT2D eigenvalue weighted by atomic mass is 10.1. The molecule has 0 radical (unpaired) electrons. The summed E-state index contributed by atoms with van der Waals surface area (Å²) >= 11 is 0. The van der Waals surface area contributed by atoms with Crippen molar-refractivity contribution in [1.82, 2.24) is 5.32 Å². The molecule has 1 aromatic carbocycles. The van der Waals surface area contributed by atoms with E-state index in [1.807, 2.05) is 38.1 Å². The molecule has 0 saturated carbocycles. The predicted octanol–water partition coefficient (Wildman–Crippen LogP) is 3.29. The Labute approximate surface area is 117 Å². The zero-order valence-electron chi connectivity index (χ0n) is 12.5. The van der Waals surface area contributed by atoms with Gasteiger partial charge in [-0.15, -0.1) is 0 Å².